The molecule has 0 aromatic carbocycles. The number of pyridine rings is 1. The van der Waals surface area contributed by atoms with Crippen LogP contribution in [0.4, 0.5) is 5.69 Å². The maximum atomic E-state index is 13.0. The van der Waals surface area contributed by atoms with Crippen LogP contribution in [0.25, 0.3) is 0 Å². The zero-order valence-corrected chi connectivity index (χ0v) is 13.3. The van der Waals surface area contributed by atoms with Gasteiger partial charge in [-0.1, -0.05) is 12.8 Å². The lowest BCUT2D eigenvalue weighted by Crippen LogP contribution is -2.39. The molecule has 0 spiro atoms. The molecule has 5 nitrogen and oxygen atoms in total. The molecule has 1 atom stereocenters. The van der Waals surface area contributed by atoms with Crippen LogP contribution in [0.3, 0.4) is 0 Å². The molecule has 2 aliphatic rings. The Kier molecular flexibility index (Phi) is 4.17. The lowest BCUT2D eigenvalue weighted by atomic mass is 9.97. The summed E-state index contributed by atoms with van der Waals surface area (Å²) in [6.45, 7) is 0.628. The minimum atomic E-state index is -3.51. The summed E-state index contributed by atoms with van der Waals surface area (Å²) in [7, 11) is -1.78. The van der Waals surface area contributed by atoms with Crippen LogP contribution in [0.2, 0.25) is 0 Å². The highest BCUT2D eigenvalue weighted by atomic mass is 32.2. The van der Waals surface area contributed by atoms with E-state index in [1.54, 1.807) is 29.7 Å². The van der Waals surface area contributed by atoms with Gasteiger partial charge in [-0.05, 0) is 43.7 Å². The molecule has 116 valence electrons. The van der Waals surface area contributed by atoms with Crippen molar-refractivity contribution < 1.29 is 8.42 Å². The van der Waals surface area contributed by atoms with Crippen molar-refractivity contribution in [3.05, 3.63) is 18.3 Å². The Labute approximate surface area is 126 Å². The predicted octanol–water partition coefficient (Wildman–Crippen LogP) is 2.47. The standard InChI is InChI=1S/C15H23N3O2S/c1-16-13-8-4-10-17-15(13)21(19,20)18-11-5-9-14(18)12-6-2-3-7-12/h4,8,10,12,14,16H,2-3,5-7,9,11H2,1H3. The highest BCUT2D eigenvalue weighted by Crippen LogP contribution is 2.38. The fourth-order valence-corrected chi connectivity index (χ4v) is 5.64. The summed E-state index contributed by atoms with van der Waals surface area (Å²) in [4.78, 5) is 4.13. The number of hydrogen-bond donors (Lipinski definition) is 1. The van der Waals surface area contributed by atoms with Crippen molar-refractivity contribution >= 4 is 15.7 Å². The van der Waals surface area contributed by atoms with Crippen molar-refractivity contribution in [3.63, 3.8) is 0 Å². The van der Waals surface area contributed by atoms with Crippen LogP contribution in [-0.2, 0) is 10.0 Å². The number of rotatable bonds is 4. The van der Waals surface area contributed by atoms with E-state index in [4.69, 9.17) is 0 Å². The molecule has 1 unspecified atom stereocenters. The van der Waals surface area contributed by atoms with Crippen LogP contribution in [0.1, 0.15) is 38.5 Å². The first-order chi connectivity index (χ1) is 10.1. The number of nitrogens with one attached hydrogen (secondary N) is 1. The van der Waals surface area contributed by atoms with Crippen LogP contribution in [0, 0.1) is 5.92 Å². The Morgan fingerprint density at radius 3 is 2.71 bits per heavy atom. The van der Waals surface area contributed by atoms with Gasteiger partial charge in [0.25, 0.3) is 10.0 Å². The number of nitrogens with zero attached hydrogens (tertiary/aromatic N) is 2. The van der Waals surface area contributed by atoms with E-state index in [-0.39, 0.29) is 11.1 Å². The minimum absolute atomic E-state index is 0.164. The van der Waals surface area contributed by atoms with Crippen LogP contribution >= 0.6 is 0 Å². The second-order valence-electron chi connectivity index (χ2n) is 5.98. The summed E-state index contributed by atoms with van der Waals surface area (Å²) >= 11 is 0. The van der Waals surface area contributed by atoms with Gasteiger partial charge in [-0.15, -0.1) is 0 Å². The normalized spacial score (nSPS) is 24.5. The molecule has 1 aliphatic carbocycles. The highest BCUT2D eigenvalue weighted by Gasteiger charge is 2.41. The predicted molar refractivity (Wildman–Crippen MR) is 82.7 cm³/mol. The van der Waals surface area contributed by atoms with Crippen LogP contribution < -0.4 is 5.32 Å². The third-order valence-corrected chi connectivity index (χ3v) is 6.67. The second-order valence-corrected chi connectivity index (χ2v) is 7.78. The van der Waals surface area contributed by atoms with Crippen molar-refractivity contribution in [2.75, 3.05) is 18.9 Å². The summed E-state index contributed by atoms with van der Waals surface area (Å²) in [5.41, 5.74) is 0.578. The third-order valence-electron chi connectivity index (χ3n) is 4.79. The Bertz CT molecular complexity index is 597. The Hall–Kier alpha value is -1.14. The van der Waals surface area contributed by atoms with E-state index in [9.17, 15) is 8.42 Å². The third kappa shape index (κ3) is 2.66. The zero-order valence-electron chi connectivity index (χ0n) is 12.5. The molecule has 2 heterocycles. The summed E-state index contributed by atoms with van der Waals surface area (Å²) in [5, 5.41) is 3.11. The maximum Gasteiger partial charge on any atom is 0.262 e. The Morgan fingerprint density at radius 1 is 1.24 bits per heavy atom. The first-order valence-corrected chi connectivity index (χ1v) is 9.23. The number of aromatic nitrogens is 1. The van der Waals surface area contributed by atoms with Gasteiger partial charge >= 0.3 is 0 Å². The topological polar surface area (TPSA) is 62.3 Å². The molecular weight excluding hydrogens is 286 g/mol. The van der Waals surface area contributed by atoms with Gasteiger partial charge < -0.3 is 5.32 Å². The second kappa shape index (κ2) is 5.93. The first kappa shape index (κ1) is 14.8. The number of hydrogen-bond acceptors (Lipinski definition) is 4. The van der Waals surface area contributed by atoms with Gasteiger partial charge in [-0.25, -0.2) is 13.4 Å². The molecule has 1 N–H and O–H groups in total. The van der Waals surface area contributed by atoms with E-state index >= 15 is 0 Å². The van der Waals surface area contributed by atoms with Gasteiger partial charge in [-0.3, -0.25) is 0 Å². The fraction of sp³-hybridized carbons (Fsp3) is 0.667. The first-order valence-electron chi connectivity index (χ1n) is 7.79. The Morgan fingerprint density at radius 2 is 2.00 bits per heavy atom. The van der Waals surface area contributed by atoms with Crippen molar-refractivity contribution in [2.45, 2.75) is 49.6 Å². The van der Waals surface area contributed by atoms with Gasteiger partial charge in [0.2, 0.25) is 0 Å². The number of anilines is 1. The smallest absolute Gasteiger partial charge is 0.262 e. The lowest BCUT2D eigenvalue weighted by Gasteiger charge is -2.28. The summed E-state index contributed by atoms with van der Waals surface area (Å²) < 4.78 is 27.7. The van der Waals surface area contributed by atoms with Crippen molar-refractivity contribution in [2.24, 2.45) is 5.92 Å². The molecule has 0 amide bonds. The maximum absolute atomic E-state index is 13.0. The minimum Gasteiger partial charge on any atom is -0.386 e. The van der Waals surface area contributed by atoms with E-state index in [0.717, 1.165) is 25.7 Å². The zero-order chi connectivity index (χ0) is 14.9. The average Bonchev–Trinajstić information content (AvgIpc) is 3.17. The largest absolute Gasteiger partial charge is 0.386 e. The Balaban J connectivity index is 1.93. The monoisotopic (exact) mass is 309 g/mol. The van der Waals surface area contributed by atoms with E-state index < -0.39 is 10.0 Å². The molecular formula is C15H23N3O2S. The van der Waals surface area contributed by atoms with Gasteiger partial charge in [0.1, 0.15) is 0 Å². The molecule has 1 saturated carbocycles. The summed E-state index contributed by atoms with van der Waals surface area (Å²) in [5.74, 6) is 0.532. The molecule has 1 aromatic heterocycles. The molecule has 1 aliphatic heterocycles. The van der Waals surface area contributed by atoms with Gasteiger partial charge in [0.15, 0.2) is 5.03 Å². The van der Waals surface area contributed by atoms with Crippen LogP contribution in [-0.4, -0.2) is 37.3 Å². The van der Waals surface area contributed by atoms with Crippen LogP contribution in [0.5, 0.6) is 0 Å². The summed E-state index contributed by atoms with van der Waals surface area (Å²) in [6.07, 6.45) is 8.30. The van der Waals surface area contributed by atoms with Gasteiger partial charge in [-0.2, -0.15) is 4.31 Å². The average molecular weight is 309 g/mol. The molecule has 1 aromatic rings. The molecule has 0 bridgehead atoms. The quantitative estimate of drug-likeness (QED) is 0.928. The fourth-order valence-electron chi connectivity index (χ4n) is 3.78. The molecule has 3 rings (SSSR count). The van der Waals surface area contributed by atoms with Crippen molar-refractivity contribution in [3.8, 4) is 0 Å². The van der Waals surface area contributed by atoms with E-state index in [1.807, 2.05) is 0 Å². The lowest BCUT2D eigenvalue weighted by molar-refractivity contribution is 0.288. The molecule has 21 heavy (non-hydrogen) atoms. The molecule has 2 fully saturated rings. The molecule has 6 heteroatoms. The van der Waals surface area contributed by atoms with E-state index in [2.05, 4.69) is 10.3 Å². The van der Waals surface area contributed by atoms with E-state index in [1.165, 1.54) is 12.8 Å². The summed E-state index contributed by atoms with van der Waals surface area (Å²) in [6, 6.07) is 3.69. The van der Waals surface area contributed by atoms with E-state index in [0.29, 0.717) is 18.2 Å². The van der Waals surface area contributed by atoms with Gasteiger partial charge in [0.05, 0.1) is 5.69 Å². The van der Waals surface area contributed by atoms with Crippen molar-refractivity contribution in [1.82, 2.24) is 9.29 Å². The SMILES string of the molecule is CNc1cccnc1S(=O)(=O)N1CCCC1C1CCCC1. The van der Waals surface area contributed by atoms with Crippen molar-refractivity contribution in [1.29, 1.82) is 0 Å². The highest BCUT2D eigenvalue weighted by molar-refractivity contribution is 7.89. The molecule has 0 radical (unpaired) electrons. The van der Waals surface area contributed by atoms with Gasteiger partial charge in [0, 0.05) is 25.8 Å². The number of sulfonamides is 1. The molecule has 1 saturated heterocycles. The van der Waals surface area contributed by atoms with Crippen LogP contribution in [0.15, 0.2) is 23.4 Å².